The van der Waals surface area contributed by atoms with Crippen LogP contribution in [0.1, 0.15) is 5.82 Å². The van der Waals surface area contributed by atoms with E-state index in [9.17, 15) is 0 Å². The number of aromatic nitrogens is 3. The van der Waals surface area contributed by atoms with Crippen LogP contribution in [-0.4, -0.2) is 21.1 Å². The third-order valence-corrected chi connectivity index (χ3v) is 1.37. The number of anilines is 2. The smallest absolute Gasteiger partial charge is 0.225 e. The fourth-order valence-electron chi connectivity index (χ4n) is 0.698. The van der Waals surface area contributed by atoms with E-state index in [2.05, 4.69) is 24.2 Å². The first-order valence-electron chi connectivity index (χ1n) is 3.18. The molecule has 1 aromatic heterocycles. The lowest BCUT2D eigenvalue weighted by Crippen LogP contribution is -2.06. The summed E-state index contributed by atoms with van der Waals surface area (Å²) in [6.07, 6.45) is 1.64. The van der Waals surface area contributed by atoms with Crippen molar-refractivity contribution in [1.29, 1.82) is 0 Å². The van der Waals surface area contributed by atoms with Gasteiger partial charge in [-0.05, 0) is 6.16 Å². The molecule has 1 aromatic rings. The van der Waals surface area contributed by atoms with Crippen LogP contribution in [0.3, 0.4) is 0 Å². The molecule has 0 fully saturated rings. The van der Waals surface area contributed by atoms with E-state index in [-0.39, 0.29) is 11.9 Å². The zero-order valence-electron chi connectivity index (χ0n) is 5.99. The van der Waals surface area contributed by atoms with Gasteiger partial charge in [0.25, 0.3) is 0 Å². The Bertz CT molecular complexity index is 230. The minimum absolute atomic E-state index is 0.186. The van der Waals surface area contributed by atoms with Crippen molar-refractivity contribution in [2.45, 2.75) is 6.42 Å². The summed E-state index contributed by atoms with van der Waals surface area (Å²) < 4.78 is 0. The normalized spacial score (nSPS) is 9.91. The summed E-state index contributed by atoms with van der Waals surface area (Å²) in [5, 5.41) is 0. The Morgan fingerprint density at radius 3 is 2.09 bits per heavy atom. The second-order valence-corrected chi connectivity index (χ2v) is 2.58. The number of nitrogens with two attached hydrogens (primary N) is 2. The summed E-state index contributed by atoms with van der Waals surface area (Å²) in [4.78, 5) is 11.4. The molecule has 4 N–H and O–H groups in total. The highest BCUT2D eigenvalue weighted by Gasteiger charge is 1.98. The van der Waals surface area contributed by atoms with Gasteiger partial charge in [-0.15, -0.1) is 9.24 Å². The molecule has 0 aliphatic heterocycles. The van der Waals surface area contributed by atoms with Gasteiger partial charge in [-0.2, -0.15) is 15.0 Å². The topological polar surface area (TPSA) is 90.7 Å². The predicted molar refractivity (Wildman–Crippen MR) is 46.9 cm³/mol. The summed E-state index contributed by atoms with van der Waals surface area (Å²) in [7, 11) is 2.58. The van der Waals surface area contributed by atoms with Gasteiger partial charge >= 0.3 is 0 Å². The zero-order chi connectivity index (χ0) is 8.27. The monoisotopic (exact) mass is 171 g/mol. The predicted octanol–water partition coefficient (Wildman–Crippen LogP) is -0.546. The van der Waals surface area contributed by atoms with Crippen LogP contribution in [0.2, 0.25) is 0 Å². The quantitative estimate of drug-likeness (QED) is 0.583. The van der Waals surface area contributed by atoms with E-state index >= 15 is 0 Å². The first-order chi connectivity index (χ1) is 5.22. The molecule has 0 aromatic carbocycles. The van der Waals surface area contributed by atoms with Crippen LogP contribution in [0.25, 0.3) is 0 Å². The van der Waals surface area contributed by atoms with Crippen molar-refractivity contribution in [3.63, 3.8) is 0 Å². The second kappa shape index (κ2) is 3.44. The lowest BCUT2D eigenvalue weighted by Gasteiger charge is -1.98. The van der Waals surface area contributed by atoms with Gasteiger partial charge in [0.1, 0.15) is 5.82 Å². The molecular formula is C5H10N5P. The number of nitrogens with zero attached hydrogens (tertiary/aromatic N) is 3. The van der Waals surface area contributed by atoms with Crippen LogP contribution in [0.5, 0.6) is 0 Å². The van der Waals surface area contributed by atoms with E-state index in [0.717, 1.165) is 12.6 Å². The van der Waals surface area contributed by atoms with E-state index in [1.807, 2.05) is 0 Å². The van der Waals surface area contributed by atoms with Crippen molar-refractivity contribution in [2.75, 3.05) is 17.6 Å². The lowest BCUT2D eigenvalue weighted by molar-refractivity contribution is 0.923. The van der Waals surface area contributed by atoms with Crippen LogP contribution in [0.15, 0.2) is 0 Å². The fourth-order valence-corrected chi connectivity index (χ4v) is 0.956. The molecule has 0 amide bonds. The highest BCUT2D eigenvalue weighted by atomic mass is 31.0. The molecule has 1 heterocycles. The van der Waals surface area contributed by atoms with Gasteiger partial charge < -0.3 is 11.5 Å². The molecule has 1 unspecified atom stereocenters. The molecule has 60 valence electrons. The first-order valence-corrected chi connectivity index (χ1v) is 4.00. The number of hydrogen-bond acceptors (Lipinski definition) is 5. The van der Waals surface area contributed by atoms with Gasteiger partial charge in [0.2, 0.25) is 11.9 Å². The Morgan fingerprint density at radius 1 is 1.09 bits per heavy atom. The van der Waals surface area contributed by atoms with Crippen molar-refractivity contribution in [3.8, 4) is 0 Å². The molecule has 1 rings (SSSR count). The van der Waals surface area contributed by atoms with Crippen LogP contribution in [-0.2, 0) is 6.42 Å². The molecule has 6 heteroatoms. The van der Waals surface area contributed by atoms with Gasteiger partial charge in [-0.3, -0.25) is 0 Å². The summed E-state index contributed by atoms with van der Waals surface area (Å²) >= 11 is 0. The van der Waals surface area contributed by atoms with Crippen molar-refractivity contribution < 1.29 is 0 Å². The lowest BCUT2D eigenvalue weighted by atomic mass is 10.4. The standard InChI is InChI=1S/C5H10N5P/c6-4-8-3(1-2-11)9-5(7)10-4/h1-2,11H2,(H4,6,7,8,9,10). The van der Waals surface area contributed by atoms with E-state index in [1.54, 1.807) is 0 Å². The highest BCUT2D eigenvalue weighted by Crippen LogP contribution is 2.00. The Balaban J connectivity index is 2.89. The third-order valence-electron chi connectivity index (χ3n) is 1.08. The summed E-state index contributed by atoms with van der Waals surface area (Å²) in [6.45, 7) is 0. The zero-order valence-corrected chi connectivity index (χ0v) is 7.14. The van der Waals surface area contributed by atoms with Crippen molar-refractivity contribution >= 4 is 21.1 Å². The van der Waals surface area contributed by atoms with Crippen molar-refractivity contribution in [2.24, 2.45) is 0 Å². The van der Waals surface area contributed by atoms with E-state index in [4.69, 9.17) is 11.5 Å². The third kappa shape index (κ3) is 2.27. The largest absolute Gasteiger partial charge is 0.368 e. The average Bonchev–Trinajstić information content (AvgIpc) is 1.85. The summed E-state index contributed by atoms with van der Waals surface area (Å²) in [6, 6.07) is 0. The minimum Gasteiger partial charge on any atom is -0.368 e. The molecule has 0 saturated heterocycles. The Labute approximate surface area is 66.8 Å². The van der Waals surface area contributed by atoms with Crippen LogP contribution in [0.4, 0.5) is 11.9 Å². The van der Waals surface area contributed by atoms with Crippen LogP contribution < -0.4 is 11.5 Å². The van der Waals surface area contributed by atoms with Gasteiger partial charge in [-0.25, -0.2) is 0 Å². The maximum Gasteiger partial charge on any atom is 0.225 e. The second-order valence-electron chi connectivity index (χ2n) is 2.01. The van der Waals surface area contributed by atoms with Crippen LogP contribution >= 0.6 is 9.24 Å². The molecule has 0 aliphatic rings. The number of rotatable bonds is 2. The van der Waals surface area contributed by atoms with Crippen molar-refractivity contribution in [1.82, 2.24) is 15.0 Å². The van der Waals surface area contributed by atoms with E-state index in [1.165, 1.54) is 0 Å². The maximum atomic E-state index is 5.34. The van der Waals surface area contributed by atoms with Gasteiger partial charge in [0, 0.05) is 6.42 Å². The van der Waals surface area contributed by atoms with Gasteiger partial charge in [0.05, 0.1) is 0 Å². The molecule has 0 bridgehead atoms. The van der Waals surface area contributed by atoms with Gasteiger partial charge in [0.15, 0.2) is 0 Å². The Kier molecular flexibility index (Phi) is 2.54. The number of hydrogen-bond donors (Lipinski definition) is 2. The Morgan fingerprint density at radius 2 is 1.64 bits per heavy atom. The Hall–Kier alpha value is -0.960. The van der Waals surface area contributed by atoms with Crippen LogP contribution in [0, 0.1) is 0 Å². The first kappa shape index (κ1) is 8.14. The summed E-state index contributed by atoms with van der Waals surface area (Å²) in [5.74, 6) is 1.02. The molecule has 0 radical (unpaired) electrons. The molecular weight excluding hydrogens is 161 g/mol. The minimum atomic E-state index is 0.186. The number of nitrogen functional groups attached to an aromatic ring is 2. The maximum absolute atomic E-state index is 5.34. The van der Waals surface area contributed by atoms with Gasteiger partial charge in [-0.1, -0.05) is 0 Å². The van der Waals surface area contributed by atoms with E-state index in [0.29, 0.717) is 5.82 Å². The molecule has 1 atom stereocenters. The van der Waals surface area contributed by atoms with Crippen molar-refractivity contribution in [3.05, 3.63) is 5.82 Å². The molecule has 0 spiro atoms. The highest BCUT2D eigenvalue weighted by molar-refractivity contribution is 7.16. The molecule has 0 aliphatic carbocycles. The molecule has 5 nitrogen and oxygen atoms in total. The average molecular weight is 171 g/mol. The SMILES string of the molecule is Nc1nc(N)nc(CCP)n1. The number of aryl methyl sites for hydroxylation is 1. The molecule has 11 heavy (non-hydrogen) atoms. The summed E-state index contributed by atoms with van der Waals surface area (Å²) in [5.41, 5.74) is 10.7. The molecule has 0 saturated carbocycles. The fraction of sp³-hybridized carbons (Fsp3) is 0.400. The van der Waals surface area contributed by atoms with E-state index < -0.39 is 0 Å².